The van der Waals surface area contributed by atoms with Crippen molar-refractivity contribution in [2.75, 3.05) is 13.1 Å². The van der Waals surface area contributed by atoms with Crippen molar-refractivity contribution < 1.29 is 9.53 Å². The molecule has 1 amide bonds. The predicted octanol–water partition coefficient (Wildman–Crippen LogP) is 5.15. The van der Waals surface area contributed by atoms with E-state index in [1.807, 2.05) is 84.1 Å². The van der Waals surface area contributed by atoms with E-state index in [-0.39, 0.29) is 11.8 Å². The van der Waals surface area contributed by atoms with E-state index < -0.39 is 0 Å². The van der Waals surface area contributed by atoms with Crippen LogP contribution in [0, 0.1) is 13.8 Å². The van der Waals surface area contributed by atoms with Gasteiger partial charge < -0.3 is 14.2 Å². The van der Waals surface area contributed by atoms with Gasteiger partial charge in [-0.05, 0) is 56.0 Å². The van der Waals surface area contributed by atoms with Gasteiger partial charge in [0, 0.05) is 55.3 Å². The Balaban J connectivity index is 1.24. The third-order valence-electron chi connectivity index (χ3n) is 6.40. The third-order valence-corrected chi connectivity index (χ3v) is 6.40. The zero-order valence-corrected chi connectivity index (χ0v) is 20.1. The Morgan fingerprint density at radius 3 is 2.63 bits per heavy atom. The molecular formula is C28H29N5O2. The van der Waals surface area contributed by atoms with Gasteiger partial charge in [-0.3, -0.25) is 4.79 Å². The van der Waals surface area contributed by atoms with Crippen molar-refractivity contribution in [3.8, 4) is 11.6 Å². The highest BCUT2D eigenvalue weighted by atomic mass is 16.5. The first-order valence-corrected chi connectivity index (χ1v) is 12.0. The minimum atomic E-state index is 0.0738. The van der Waals surface area contributed by atoms with Crippen molar-refractivity contribution in [1.29, 1.82) is 0 Å². The van der Waals surface area contributed by atoms with Crippen LogP contribution in [0.2, 0.25) is 0 Å². The fraction of sp³-hybridized carbons (Fsp3) is 0.286. The van der Waals surface area contributed by atoms with E-state index >= 15 is 0 Å². The number of piperidine rings is 1. The number of carbonyl (C=O) groups is 1. The van der Waals surface area contributed by atoms with Crippen LogP contribution in [0.4, 0.5) is 0 Å². The molecule has 1 fully saturated rings. The van der Waals surface area contributed by atoms with Crippen molar-refractivity contribution in [1.82, 2.24) is 24.4 Å². The summed E-state index contributed by atoms with van der Waals surface area (Å²) in [4.78, 5) is 28.6. The maximum Gasteiger partial charge on any atom is 0.253 e. The number of aromatic nitrogens is 4. The molecule has 0 atom stereocenters. The van der Waals surface area contributed by atoms with E-state index in [9.17, 15) is 4.79 Å². The molecule has 2 aromatic carbocycles. The smallest absolute Gasteiger partial charge is 0.253 e. The lowest BCUT2D eigenvalue weighted by Gasteiger charge is -2.31. The standard InChI is InChI=1S/C28H29N5O2/c1-20-6-3-4-9-25(20)35-26-16-21(2)30-27(31-26)23-10-13-33(14-11-23)28(34)24-8-5-7-22(17-24)18-32-15-12-29-19-32/h3-9,12,15-17,19,23H,10-11,13-14,18H2,1-2H3. The Kier molecular flexibility index (Phi) is 6.57. The number of hydrogen-bond donors (Lipinski definition) is 0. The number of nitrogens with zero attached hydrogens (tertiary/aromatic N) is 5. The number of aryl methyl sites for hydroxylation is 2. The maximum absolute atomic E-state index is 13.2. The molecule has 1 aliphatic rings. The Hall–Kier alpha value is -4.00. The van der Waals surface area contributed by atoms with Crippen molar-refractivity contribution in [3.63, 3.8) is 0 Å². The molecule has 1 aliphatic heterocycles. The lowest BCUT2D eigenvalue weighted by molar-refractivity contribution is 0.0710. The van der Waals surface area contributed by atoms with Crippen molar-refractivity contribution in [3.05, 3.63) is 102 Å². The summed E-state index contributed by atoms with van der Waals surface area (Å²) in [5, 5.41) is 0. The first-order valence-electron chi connectivity index (χ1n) is 12.0. The van der Waals surface area contributed by atoms with Crippen LogP contribution in [-0.2, 0) is 6.54 Å². The van der Waals surface area contributed by atoms with Crippen molar-refractivity contribution in [2.24, 2.45) is 0 Å². The van der Waals surface area contributed by atoms with E-state index in [4.69, 9.17) is 14.7 Å². The monoisotopic (exact) mass is 467 g/mol. The number of hydrogen-bond acceptors (Lipinski definition) is 5. The summed E-state index contributed by atoms with van der Waals surface area (Å²) in [6, 6.07) is 17.6. The van der Waals surface area contributed by atoms with E-state index in [0.717, 1.165) is 46.8 Å². The van der Waals surface area contributed by atoms with E-state index in [1.165, 1.54) is 0 Å². The zero-order valence-electron chi connectivity index (χ0n) is 20.1. The predicted molar refractivity (Wildman–Crippen MR) is 134 cm³/mol. The van der Waals surface area contributed by atoms with Gasteiger partial charge in [0.05, 0.1) is 6.33 Å². The highest BCUT2D eigenvalue weighted by Gasteiger charge is 2.27. The van der Waals surface area contributed by atoms with Gasteiger partial charge in [-0.1, -0.05) is 30.3 Å². The average Bonchev–Trinajstić information content (AvgIpc) is 3.38. The normalized spacial score (nSPS) is 14.2. The van der Waals surface area contributed by atoms with Crippen LogP contribution in [0.5, 0.6) is 11.6 Å². The quantitative estimate of drug-likeness (QED) is 0.392. The minimum absolute atomic E-state index is 0.0738. The summed E-state index contributed by atoms with van der Waals surface area (Å²) in [7, 11) is 0. The van der Waals surface area contributed by atoms with E-state index in [2.05, 4.69) is 4.98 Å². The first-order chi connectivity index (χ1) is 17.0. The van der Waals surface area contributed by atoms with Gasteiger partial charge in [0.25, 0.3) is 5.91 Å². The first kappa shape index (κ1) is 22.8. The highest BCUT2D eigenvalue weighted by molar-refractivity contribution is 5.94. The van der Waals surface area contributed by atoms with Crippen LogP contribution in [-0.4, -0.2) is 43.4 Å². The number of likely N-dealkylation sites (tertiary alicyclic amines) is 1. The molecule has 35 heavy (non-hydrogen) atoms. The molecule has 4 aromatic rings. The number of imidazole rings is 1. The second-order valence-electron chi connectivity index (χ2n) is 9.08. The van der Waals surface area contributed by atoms with Gasteiger partial charge in [-0.15, -0.1) is 0 Å². The fourth-order valence-corrected chi connectivity index (χ4v) is 4.50. The number of para-hydroxylation sites is 1. The van der Waals surface area contributed by atoms with Gasteiger partial charge in [0.2, 0.25) is 5.88 Å². The molecule has 3 heterocycles. The lowest BCUT2D eigenvalue weighted by Crippen LogP contribution is -2.38. The van der Waals surface area contributed by atoms with Crippen molar-refractivity contribution in [2.45, 2.75) is 39.2 Å². The van der Waals surface area contributed by atoms with Crippen LogP contribution >= 0.6 is 0 Å². The summed E-state index contributed by atoms with van der Waals surface area (Å²) >= 11 is 0. The molecule has 0 radical (unpaired) electrons. The highest BCUT2D eigenvalue weighted by Crippen LogP contribution is 2.30. The fourth-order valence-electron chi connectivity index (χ4n) is 4.50. The average molecular weight is 468 g/mol. The summed E-state index contributed by atoms with van der Waals surface area (Å²) in [6.45, 7) is 6.04. The SMILES string of the molecule is Cc1cc(Oc2ccccc2C)nc(C2CCN(C(=O)c3cccc(Cn4ccnc4)c3)CC2)n1. The number of benzene rings is 2. The summed E-state index contributed by atoms with van der Waals surface area (Å²) in [5.41, 5.74) is 3.75. The Morgan fingerprint density at radius 1 is 1.03 bits per heavy atom. The second-order valence-corrected chi connectivity index (χ2v) is 9.08. The van der Waals surface area contributed by atoms with Crippen molar-refractivity contribution >= 4 is 5.91 Å². The van der Waals surface area contributed by atoms with Gasteiger partial charge in [-0.2, -0.15) is 4.98 Å². The topological polar surface area (TPSA) is 73.1 Å². The minimum Gasteiger partial charge on any atom is -0.439 e. The zero-order chi connectivity index (χ0) is 24.2. The van der Waals surface area contributed by atoms with Gasteiger partial charge in [-0.25, -0.2) is 9.97 Å². The van der Waals surface area contributed by atoms with E-state index in [0.29, 0.717) is 25.5 Å². The molecule has 7 heteroatoms. The Morgan fingerprint density at radius 2 is 1.86 bits per heavy atom. The molecule has 2 aromatic heterocycles. The second kappa shape index (κ2) is 10.1. The van der Waals surface area contributed by atoms with Crippen LogP contribution in [0.3, 0.4) is 0 Å². The molecule has 178 valence electrons. The lowest BCUT2D eigenvalue weighted by atomic mass is 9.95. The van der Waals surface area contributed by atoms with Gasteiger partial charge >= 0.3 is 0 Å². The largest absolute Gasteiger partial charge is 0.439 e. The molecule has 0 N–H and O–H groups in total. The molecule has 7 nitrogen and oxygen atoms in total. The number of ether oxygens (including phenoxy) is 1. The molecule has 0 spiro atoms. The molecule has 0 bridgehead atoms. The summed E-state index contributed by atoms with van der Waals surface area (Å²) in [6.07, 6.45) is 7.12. The number of rotatable bonds is 6. The van der Waals surface area contributed by atoms with E-state index in [1.54, 1.807) is 12.5 Å². The number of carbonyl (C=O) groups excluding carboxylic acids is 1. The maximum atomic E-state index is 13.2. The van der Waals surface area contributed by atoms with Crippen LogP contribution in [0.15, 0.2) is 73.3 Å². The van der Waals surface area contributed by atoms with Gasteiger partial charge in [0.1, 0.15) is 11.6 Å². The van der Waals surface area contributed by atoms with Crippen LogP contribution in [0.1, 0.15) is 51.8 Å². The Bertz CT molecular complexity index is 1310. The third kappa shape index (κ3) is 5.40. The molecule has 0 unspecified atom stereocenters. The van der Waals surface area contributed by atoms with Gasteiger partial charge in [0.15, 0.2) is 0 Å². The van der Waals surface area contributed by atoms with Crippen LogP contribution in [0.25, 0.3) is 0 Å². The molecule has 0 saturated carbocycles. The number of amides is 1. The molecule has 1 saturated heterocycles. The summed E-state index contributed by atoms with van der Waals surface area (Å²) < 4.78 is 8.06. The molecular weight excluding hydrogens is 438 g/mol. The molecule has 5 rings (SSSR count). The molecule has 0 aliphatic carbocycles. The van der Waals surface area contributed by atoms with Crippen LogP contribution < -0.4 is 4.74 Å². The summed E-state index contributed by atoms with van der Waals surface area (Å²) in [5.74, 6) is 2.43. The Labute approximate surface area is 205 Å².